The summed E-state index contributed by atoms with van der Waals surface area (Å²) in [5.41, 5.74) is 3.10. The minimum absolute atomic E-state index is 0.173. The molecule has 6 nitrogen and oxygen atoms in total. The number of hydrogen-bond donors (Lipinski definition) is 0. The van der Waals surface area contributed by atoms with Crippen molar-refractivity contribution in [3.05, 3.63) is 47.0 Å². The number of rotatable bonds is 6. The molecule has 1 saturated heterocycles. The van der Waals surface area contributed by atoms with Gasteiger partial charge in [-0.3, -0.25) is 4.90 Å². The number of piperidine rings is 1. The fourth-order valence-corrected chi connectivity index (χ4v) is 4.17. The van der Waals surface area contributed by atoms with Crippen molar-refractivity contribution < 1.29 is 23.7 Å². The monoisotopic (exact) mass is 411 g/mol. The first-order chi connectivity index (χ1) is 14.7. The predicted molar refractivity (Wildman–Crippen MR) is 116 cm³/mol. The summed E-state index contributed by atoms with van der Waals surface area (Å²) in [6, 6.07) is 9.90. The van der Waals surface area contributed by atoms with Gasteiger partial charge in [0, 0.05) is 24.2 Å². The molecule has 6 heteroatoms. The van der Waals surface area contributed by atoms with E-state index in [0.29, 0.717) is 23.0 Å². The molecule has 0 spiro atoms. The first kappa shape index (κ1) is 20.4. The van der Waals surface area contributed by atoms with E-state index in [1.165, 1.54) is 19.3 Å². The number of hydrogen-bond acceptors (Lipinski definition) is 6. The molecule has 1 fully saturated rings. The van der Waals surface area contributed by atoms with Crippen LogP contribution in [0, 0.1) is 0 Å². The van der Waals surface area contributed by atoms with Crippen LogP contribution in [-0.4, -0.2) is 46.4 Å². The highest BCUT2D eigenvalue weighted by atomic mass is 16.5. The zero-order chi connectivity index (χ0) is 21.1. The Balaban J connectivity index is 1.80. The molecule has 2 aliphatic rings. The molecule has 160 valence electrons. The summed E-state index contributed by atoms with van der Waals surface area (Å²) < 4.78 is 28.6. The lowest BCUT2D eigenvalue weighted by Gasteiger charge is -2.38. The van der Waals surface area contributed by atoms with Crippen molar-refractivity contribution >= 4 is 11.8 Å². The van der Waals surface area contributed by atoms with Gasteiger partial charge in [-0.1, -0.05) is 6.42 Å². The SMILES string of the molecule is COc1ccc(C2=Cc3cc(OC)c(OC)cc3[C@@H](N3CCCCC3)O2)cc1OC. The van der Waals surface area contributed by atoms with E-state index >= 15 is 0 Å². The average molecular weight is 411 g/mol. The summed E-state index contributed by atoms with van der Waals surface area (Å²) in [6.45, 7) is 2.02. The molecule has 30 heavy (non-hydrogen) atoms. The third-order valence-corrected chi connectivity index (χ3v) is 5.77. The van der Waals surface area contributed by atoms with Gasteiger partial charge in [0.1, 0.15) is 5.76 Å². The molecule has 0 aliphatic carbocycles. The fourth-order valence-electron chi connectivity index (χ4n) is 4.17. The summed E-state index contributed by atoms with van der Waals surface area (Å²) in [5, 5.41) is 0. The Morgan fingerprint density at radius 2 is 1.40 bits per heavy atom. The molecule has 4 rings (SSSR count). The number of nitrogens with zero attached hydrogens (tertiary/aromatic N) is 1. The van der Waals surface area contributed by atoms with Crippen molar-refractivity contribution in [2.45, 2.75) is 25.5 Å². The van der Waals surface area contributed by atoms with E-state index < -0.39 is 0 Å². The van der Waals surface area contributed by atoms with Crippen LogP contribution in [0.4, 0.5) is 0 Å². The first-order valence-electron chi connectivity index (χ1n) is 10.3. The molecule has 0 radical (unpaired) electrons. The molecule has 0 N–H and O–H groups in total. The van der Waals surface area contributed by atoms with E-state index in [1.807, 2.05) is 30.3 Å². The Hall–Kier alpha value is -2.86. The Labute approximate surface area is 177 Å². The molecule has 0 aromatic heterocycles. The summed E-state index contributed by atoms with van der Waals surface area (Å²) in [5.74, 6) is 3.58. The third-order valence-electron chi connectivity index (χ3n) is 5.77. The number of likely N-dealkylation sites (tertiary alicyclic amines) is 1. The summed E-state index contributed by atoms with van der Waals surface area (Å²) in [6.07, 6.45) is 5.50. The molecule has 2 aliphatic heterocycles. The highest BCUT2D eigenvalue weighted by Crippen LogP contribution is 2.44. The van der Waals surface area contributed by atoms with E-state index in [4.69, 9.17) is 23.7 Å². The Bertz CT molecular complexity index is 933. The maximum absolute atomic E-state index is 6.58. The summed E-state index contributed by atoms with van der Waals surface area (Å²) in [7, 11) is 6.59. The second-order valence-electron chi connectivity index (χ2n) is 7.48. The molecule has 2 heterocycles. The van der Waals surface area contributed by atoms with Gasteiger partial charge in [-0.2, -0.15) is 0 Å². The number of methoxy groups -OCH3 is 4. The van der Waals surface area contributed by atoms with Gasteiger partial charge < -0.3 is 23.7 Å². The summed E-state index contributed by atoms with van der Waals surface area (Å²) >= 11 is 0. The molecular formula is C24H29NO5. The lowest BCUT2D eigenvalue weighted by Crippen LogP contribution is -2.36. The van der Waals surface area contributed by atoms with E-state index in [2.05, 4.69) is 11.0 Å². The van der Waals surface area contributed by atoms with Crippen LogP contribution in [0.3, 0.4) is 0 Å². The lowest BCUT2D eigenvalue weighted by molar-refractivity contribution is -0.0111. The second kappa shape index (κ2) is 8.88. The molecular weight excluding hydrogens is 382 g/mol. The standard InChI is InChI=1S/C24H29NO5/c1-26-19-9-8-16(12-21(19)27-2)20-13-17-14-22(28-3)23(29-4)15-18(17)24(30-20)25-10-6-5-7-11-25/h8-9,12-15,24H,5-7,10-11H2,1-4H3/t24-/m0/s1. The van der Waals surface area contributed by atoms with Crippen LogP contribution in [0.5, 0.6) is 23.0 Å². The van der Waals surface area contributed by atoms with Gasteiger partial charge in [0.15, 0.2) is 29.2 Å². The van der Waals surface area contributed by atoms with Crippen LogP contribution in [0.25, 0.3) is 11.8 Å². The van der Waals surface area contributed by atoms with Gasteiger partial charge in [0.2, 0.25) is 0 Å². The van der Waals surface area contributed by atoms with Crippen molar-refractivity contribution in [2.24, 2.45) is 0 Å². The molecule has 2 aromatic carbocycles. The maximum atomic E-state index is 6.58. The van der Waals surface area contributed by atoms with Crippen molar-refractivity contribution in [3.8, 4) is 23.0 Å². The second-order valence-corrected chi connectivity index (χ2v) is 7.48. The van der Waals surface area contributed by atoms with E-state index in [0.717, 1.165) is 35.5 Å². The van der Waals surface area contributed by atoms with E-state index in [-0.39, 0.29) is 6.23 Å². The Morgan fingerprint density at radius 3 is 2.07 bits per heavy atom. The zero-order valence-corrected chi connectivity index (χ0v) is 18.1. The molecule has 0 amide bonds. The van der Waals surface area contributed by atoms with E-state index in [1.54, 1.807) is 28.4 Å². The third kappa shape index (κ3) is 3.79. The van der Waals surface area contributed by atoms with Crippen molar-refractivity contribution in [1.82, 2.24) is 4.90 Å². The molecule has 0 unspecified atom stereocenters. The smallest absolute Gasteiger partial charge is 0.179 e. The van der Waals surface area contributed by atoms with Crippen molar-refractivity contribution in [3.63, 3.8) is 0 Å². The number of fused-ring (bicyclic) bond motifs is 1. The number of ether oxygens (including phenoxy) is 5. The van der Waals surface area contributed by atoms with Crippen LogP contribution in [-0.2, 0) is 4.74 Å². The Morgan fingerprint density at radius 1 is 0.767 bits per heavy atom. The number of benzene rings is 2. The quantitative estimate of drug-likeness (QED) is 0.685. The predicted octanol–water partition coefficient (Wildman–Crippen LogP) is 4.73. The van der Waals surface area contributed by atoms with Crippen LogP contribution in [0.1, 0.15) is 42.2 Å². The maximum Gasteiger partial charge on any atom is 0.179 e. The van der Waals surface area contributed by atoms with Crippen LogP contribution >= 0.6 is 0 Å². The van der Waals surface area contributed by atoms with Crippen LogP contribution < -0.4 is 18.9 Å². The minimum Gasteiger partial charge on any atom is -0.493 e. The Kier molecular flexibility index (Phi) is 6.04. The van der Waals surface area contributed by atoms with Gasteiger partial charge in [0.25, 0.3) is 0 Å². The first-order valence-corrected chi connectivity index (χ1v) is 10.3. The van der Waals surface area contributed by atoms with Crippen LogP contribution in [0.15, 0.2) is 30.3 Å². The minimum atomic E-state index is -0.173. The highest BCUT2D eigenvalue weighted by Gasteiger charge is 2.31. The van der Waals surface area contributed by atoms with Gasteiger partial charge in [-0.05, 0) is 54.8 Å². The van der Waals surface area contributed by atoms with Crippen LogP contribution in [0.2, 0.25) is 0 Å². The van der Waals surface area contributed by atoms with Crippen molar-refractivity contribution in [2.75, 3.05) is 41.5 Å². The van der Waals surface area contributed by atoms with Crippen molar-refractivity contribution in [1.29, 1.82) is 0 Å². The molecule has 2 aromatic rings. The van der Waals surface area contributed by atoms with Gasteiger partial charge >= 0.3 is 0 Å². The lowest BCUT2D eigenvalue weighted by atomic mass is 9.97. The zero-order valence-electron chi connectivity index (χ0n) is 18.1. The highest BCUT2D eigenvalue weighted by molar-refractivity contribution is 5.82. The topological polar surface area (TPSA) is 49.4 Å². The van der Waals surface area contributed by atoms with E-state index in [9.17, 15) is 0 Å². The average Bonchev–Trinajstić information content (AvgIpc) is 2.82. The molecule has 0 saturated carbocycles. The molecule has 0 bridgehead atoms. The molecule has 1 atom stereocenters. The van der Waals surface area contributed by atoms with Gasteiger partial charge in [-0.15, -0.1) is 0 Å². The van der Waals surface area contributed by atoms with Gasteiger partial charge in [-0.25, -0.2) is 0 Å². The normalized spacial score (nSPS) is 18.7. The largest absolute Gasteiger partial charge is 0.493 e. The summed E-state index contributed by atoms with van der Waals surface area (Å²) in [4.78, 5) is 2.40. The fraction of sp³-hybridized carbons (Fsp3) is 0.417. The van der Waals surface area contributed by atoms with Gasteiger partial charge in [0.05, 0.1) is 28.4 Å².